The molecular formula is C12H13N3O5S. The normalized spacial score (nSPS) is 11.5. The zero-order valence-electron chi connectivity index (χ0n) is 11.0. The number of aromatic nitrogens is 2. The lowest BCUT2D eigenvalue weighted by Crippen LogP contribution is -2.26. The summed E-state index contributed by atoms with van der Waals surface area (Å²) < 4.78 is 24.1. The fourth-order valence-corrected chi connectivity index (χ4v) is 2.83. The molecule has 8 nitrogen and oxygen atoms in total. The number of hydrogen-bond acceptors (Lipinski definition) is 5. The van der Waals surface area contributed by atoms with E-state index in [0.717, 1.165) is 5.56 Å². The quantitative estimate of drug-likeness (QED) is 0.679. The Labute approximate surface area is 120 Å². The summed E-state index contributed by atoms with van der Waals surface area (Å²) in [5.41, 5.74) is 0.300. The molecule has 1 aromatic carbocycles. The summed E-state index contributed by atoms with van der Waals surface area (Å²) in [6, 6.07) is 8.92. The van der Waals surface area contributed by atoms with Gasteiger partial charge in [0.25, 0.3) is 10.0 Å². The first kappa shape index (κ1) is 15.2. The standard InChI is InChI=1S/C12H13N3O5S/c1-8-11(10(12(16)17)14-13-8)21(18,19)15-20-7-9-5-3-2-4-6-9/h2-6,15H,7H2,1H3,(H,13,14)(H,16,17). The van der Waals surface area contributed by atoms with E-state index in [1.807, 2.05) is 11.0 Å². The average molecular weight is 311 g/mol. The first-order chi connectivity index (χ1) is 9.92. The van der Waals surface area contributed by atoms with E-state index in [0.29, 0.717) is 0 Å². The summed E-state index contributed by atoms with van der Waals surface area (Å²) >= 11 is 0. The van der Waals surface area contributed by atoms with Gasteiger partial charge in [0.1, 0.15) is 4.90 Å². The molecule has 1 heterocycles. The summed E-state index contributed by atoms with van der Waals surface area (Å²) in [5, 5.41) is 14.7. The van der Waals surface area contributed by atoms with Crippen molar-refractivity contribution in [2.24, 2.45) is 0 Å². The van der Waals surface area contributed by atoms with Crippen LogP contribution in [0.1, 0.15) is 21.7 Å². The second-order valence-electron chi connectivity index (χ2n) is 4.19. The molecule has 0 aliphatic heterocycles. The highest BCUT2D eigenvalue weighted by atomic mass is 32.2. The fourth-order valence-electron chi connectivity index (χ4n) is 1.70. The van der Waals surface area contributed by atoms with Crippen LogP contribution in [0, 0.1) is 6.92 Å². The molecule has 9 heteroatoms. The number of carboxylic acid groups (broad SMARTS) is 1. The second kappa shape index (κ2) is 6.04. The van der Waals surface area contributed by atoms with Gasteiger partial charge in [-0.05, 0) is 12.5 Å². The molecule has 2 aromatic rings. The molecule has 0 aliphatic rings. The predicted octanol–water partition coefficient (Wildman–Crippen LogP) is 0.826. The van der Waals surface area contributed by atoms with Crippen molar-refractivity contribution < 1.29 is 23.2 Å². The van der Waals surface area contributed by atoms with E-state index in [1.165, 1.54) is 6.92 Å². The van der Waals surface area contributed by atoms with Gasteiger partial charge in [0.05, 0.1) is 12.3 Å². The third-order valence-corrected chi connectivity index (χ3v) is 3.99. The van der Waals surface area contributed by atoms with Crippen LogP contribution in [0.15, 0.2) is 35.2 Å². The van der Waals surface area contributed by atoms with Crippen molar-refractivity contribution in [1.82, 2.24) is 15.1 Å². The molecule has 0 saturated carbocycles. The minimum Gasteiger partial charge on any atom is -0.476 e. The Hall–Kier alpha value is -2.23. The van der Waals surface area contributed by atoms with E-state index in [1.54, 1.807) is 24.3 Å². The van der Waals surface area contributed by atoms with Gasteiger partial charge in [-0.1, -0.05) is 35.2 Å². The van der Waals surface area contributed by atoms with Gasteiger partial charge in [0, 0.05) is 0 Å². The highest BCUT2D eigenvalue weighted by Crippen LogP contribution is 2.17. The topological polar surface area (TPSA) is 121 Å². The molecule has 112 valence electrons. The Kier molecular flexibility index (Phi) is 4.36. The van der Waals surface area contributed by atoms with Gasteiger partial charge in [-0.2, -0.15) is 5.10 Å². The van der Waals surface area contributed by atoms with Gasteiger partial charge in [0.2, 0.25) is 0 Å². The van der Waals surface area contributed by atoms with Crippen LogP contribution in [0.3, 0.4) is 0 Å². The number of aromatic carboxylic acids is 1. The molecule has 0 fully saturated rings. The summed E-state index contributed by atoms with van der Waals surface area (Å²) in [7, 11) is -4.14. The molecule has 3 N–H and O–H groups in total. The number of rotatable bonds is 6. The van der Waals surface area contributed by atoms with Crippen LogP contribution in [0.25, 0.3) is 0 Å². The number of aryl methyl sites for hydroxylation is 1. The first-order valence-electron chi connectivity index (χ1n) is 5.87. The maximum Gasteiger partial charge on any atom is 0.357 e. The van der Waals surface area contributed by atoms with Gasteiger partial charge < -0.3 is 5.11 Å². The Morgan fingerprint density at radius 3 is 2.67 bits per heavy atom. The van der Waals surface area contributed by atoms with Crippen molar-refractivity contribution in [1.29, 1.82) is 0 Å². The van der Waals surface area contributed by atoms with E-state index in [2.05, 4.69) is 10.2 Å². The zero-order chi connectivity index (χ0) is 15.5. The van der Waals surface area contributed by atoms with Crippen molar-refractivity contribution >= 4 is 16.0 Å². The van der Waals surface area contributed by atoms with Crippen molar-refractivity contribution in [2.45, 2.75) is 18.4 Å². The minimum absolute atomic E-state index is 0.0133. The lowest BCUT2D eigenvalue weighted by molar-refractivity contribution is 0.0683. The highest BCUT2D eigenvalue weighted by Gasteiger charge is 2.28. The molecule has 0 amide bonds. The monoisotopic (exact) mass is 311 g/mol. The molecule has 1 aromatic heterocycles. The predicted molar refractivity (Wildman–Crippen MR) is 71.8 cm³/mol. The largest absolute Gasteiger partial charge is 0.476 e. The van der Waals surface area contributed by atoms with Crippen LogP contribution in [-0.2, 0) is 21.5 Å². The van der Waals surface area contributed by atoms with Gasteiger partial charge in [-0.15, -0.1) is 0 Å². The van der Waals surface area contributed by atoms with Gasteiger partial charge in [0.15, 0.2) is 5.69 Å². The molecule has 2 rings (SSSR count). The highest BCUT2D eigenvalue weighted by molar-refractivity contribution is 7.89. The Balaban J connectivity index is 2.12. The van der Waals surface area contributed by atoms with Crippen molar-refractivity contribution in [3.63, 3.8) is 0 Å². The number of aromatic amines is 1. The fraction of sp³-hybridized carbons (Fsp3) is 0.167. The number of sulfonamides is 1. The average Bonchev–Trinajstić information content (AvgIpc) is 2.83. The van der Waals surface area contributed by atoms with Crippen LogP contribution in [-0.4, -0.2) is 29.7 Å². The van der Waals surface area contributed by atoms with Crippen molar-refractivity contribution in [2.75, 3.05) is 0 Å². The summed E-state index contributed by atoms with van der Waals surface area (Å²) in [6.07, 6.45) is 0. The summed E-state index contributed by atoms with van der Waals surface area (Å²) in [4.78, 5) is 17.3. The maximum atomic E-state index is 12.1. The Morgan fingerprint density at radius 1 is 1.38 bits per heavy atom. The number of carbonyl (C=O) groups is 1. The number of benzene rings is 1. The van der Waals surface area contributed by atoms with Crippen LogP contribution in [0.4, 0.5) is 0 Å². The zero-order valence-corrected chi connectivity index (χ0v) is 11.8. The van der Waals surface area contributed by atoms with E-state index in [9.17, 15) is 13.2 Å². The van der Waals surface area contributed by atoms with Gasteiger partial charge in [-0.25, -0.2) is 13.2 Å². The number of nitrogens with zero attached hydrogens (tertiary/aromatic N) is 1. The smallest absolute Gasteiger partial charge is 0.357 e. The molecule has 0 bridgehead atoms. The SMILES string of the molecule is Cc1[nH]nc(C(=O)O)c1S(=O)(=O)NOCc1ccccc1. The number of H-pyrrole nitrogens is 1. The summed E-state index contributed by atoms with van der Waals surface area (Å²) in [5.74, 6) is -1.44. The van der Waals surface area contributed by atoms with Crippen molar-refractivity contribution in [3.8, 4) is 0 Å². The Morgan fingerprint density at radius 2 is 2.05 bits per heavy atom. The van der Waals surface area contributed by atoms with Crippen LogP contribution in [0.5, 0.6) is 0 Å². The van der Waals surface area contributed by atoms with Crippen LogP contribution >= 0.6 is 0 Å². The van der Waals surface area contributed by atoms with Gasteiger partial charge >= 0.3 is 5.97 Å². The lowest BCUT2D eigenvalue weighted by atomic mass is 10.2. The van der Waals surface area contributed by atoms with Gasteiger partial charge in [-0.3, -0.25) is 9.94 Å². The molecule has 21 heavy (non-hydrogen) atoms. The molecule has 0 atom stereocenters. The van der Waals surface area contributed by atoms with E-state index >= 15 is 0 Å². The first-order valence-corrected chi connectivity index (χ1v) is 7.36. The molecule has 0 unspecified atom stereocenters. The van der Waals surface area contributed by atoms with Crippen molar-refractivity contribution in [3.05, 3.63) is 47.3 Å². The third kappa shape index (κ3) is 3.45. The van der Waals surface area contributed by atoms with E-state index in [4.69, 9.17) is 9.94 Å². The molecular weight excluding hydrogens is 298 g/mol. The summed E-state index contributed by atoms with van der Waals surface area (Å²) in [6.45, 7) is 1.42. The van der Waals surface area contributed by atoms with Crippen LogP contribution in [0.2, 0.25) is 0 Å². The van der Waals surface area contributed by atoms with E-state index in [-0.39, 0.29) is 12.3 Å². The molecule has 0 spiro atoms. The lowest BCUT2D eigenvalue weighted by Gasteiger charge is -2.07. The molecule has 0 radical (unpaired) electrons. The minimum atomic E-state index is -4.14. The molecule has 0 aliphatic carbocycles. The number of carboxylic acids is 1. The van der Waals surface area contributed by atoms with Crippen LogP contribution < -0.4 is 4.89 Å². The van der Waals surface area contributed by atoms with E-state index < -0.39 is 26.6 Å². The number of hydrogen-bond donors (Lipinski definition) is 3. The molecule has 0 saturated heterocycles. The second-order valence-corrected chi connectivity index (χ2v) is 5.77. The third-order valence-electron chi connectivity index (χ3n) is 2.61. The maximum absolute atomic E-state index is 12.1. The Bertz CT molecular complexity index is 740. The number of nitrogens with one attached hydrogen (secondary N) is 2.